The van der Waals surface area contributed by atoms with E-state index in [0.29, 0.717) is 6.61 Å². The van der Waals surface area contributed by atoms with Gasteiger partial charge in [-0.2, -0.15) is 0 Å². The summed E-state index contributed by atoms with van der Waals surface area (Å²) in [4.78, 5) is 14.1. The largest absolute Gasteiger partial charge is 0.411 e. The van der Waals surface area contributed by atoms with Crippen LogP contribution in [0.2, 0.25) is 0 Å². The molecule has 1 aliphatic rings. The van der Waals surface area contributed by atoms with Gasteiger partial charge in [-0.3, -0.25) is 9.69 Å². The van der Waals surface area contributed by atoms with E-state index in [-0.39, 0.29) is 12.1 Å². The van der Waals surface area contributed by atoms with Gasteiger partial charge in [0.1, 0.15) is 6.23 Å². The second-order valence-electron chi connectivity index (χ2n) is 5.25. The van der Waals surface area contributed by atoms with Crippen LogP contribution in [-0.2, 0) is 9.53 Å². The van der Waals surface area contributed by atoms with E-state index in [9.17, 15) is 4.79 Å². The number of nitrogens with zero attached hydrogens (tertiary/aromatic N) is 2. The Morgan fingerprint density at radius 3 is 2.83 bits per heavy atom. The molecule has 6 heteroatoms. The molecule has 0 aromatic rings. The standard InChI is InChI=1S/C12H23N3O3/c1-12(2,8-14-17)9(10(16)13-3)11-15(4)6-5-7-18-11/h8-9,11,17H,5-7H2,1-4H3,(H,13,16). The average Bonchev–Trinajstić information content (AvgIpc) is 2.31. The first-order valence-corrected chi connectivity index (χ1v) is 6.16. The van der Waals surface area contributed by atoms with E-state index in [1.165, 1.54) is 6.21 Å². The highest BCUT2D eigenvalue weighted by molar-refractivity contribution is 5.84. The molecule has 0 aromatic carbocycles. The lowest BCUT2D eigenvalue weighted by molar-refractivity contribution is -0.156. The first kappa shape index (κ1) is 14.9. The summed E-state index contributed by atoms with van der Waals surface area (Å²) in [5.41, 5.74) is -0.592. The van der Waals surface area contributed by atoms with Crippen molar-refractivity contribution in [1.82, 2.24) is 10.2 Å². The van der Waals surface area contributed by atoms with Gasteiger partial charge in [0.2, 0.25) is 5.91 Å². The molecule has 2 N–H and O–H groups in total. The van der Waals surface area contributed by atoms with Crippen molar-refractivity contribution in [3.8, 4) is 0 Å². The highest BCUT2D eigenvalue weighted by atomic mass is 16.5. The van der Waals surface area contributed by atoms with Gasteiger partial charge in [0.15, 0.2) is 0 Å². The molecule has 0 aromatic heterocycles. The number of carbonyl (C=O) groups excluding carboxylic acids is 1. The van der Waals surface area contributed by atoms with Crippen LogP contribution in [0.5, 0.6) is 0 Å². The van der Waals surface area contributed by atoms with Gasteiger partial charge in [-0.05, 0) is 13.5 Å². The van der Waals surface area contributed by atoms with Gasteiger partial charge in [-0.15, -0.1) is 5.16 Å². The molecule has 1 saturated heterocycles. The Kier molecular flexibility index (Phi) is 5.10. The fourth-order valence-electron chi connectivity index (χ4n) is 2.34. The van der Waals surface area contributed by atoms with Crippen LogP contribution in [0.3, 0.4) is 0 Å². The molecule has 1 amide bonds. The number of rotatable bonds is 4. The Labute approximate surface area is 108 Å². The van der Waals surface area contributed by atoms with Crippen molar-refractivity contribution in [1.29, 1.82) is 0 Å². The van der Waals surface area contributed by atoms with Crippen LogP contribution in [0, 0.1) is 11.3 Å². The number of ether oxygens (including phenoxy) is 1. The van der Waals surface area contributed by atoms with Gasteiger partial charge in [0, 0.05) is 25.6 Å². The van der Waals surface area contributed by atoms with E-state index in [0.717, 1.165) is 13.0 Å². The van der Waals surface area contributed by atoms with Gasteiger partial charge in [0.05, 0.1) is 12.1 Å². The third-order valence-corrected chi connectivity index (χ3v) is 3.38. The molecule has 2 atom stereocenters. The third-order valence-electron chi connectivity index (χ3n) is 3.38. The molecule has 6 nitrogen and oxygen atoms in total. The molecule has 18 heavy (non-hydrogen) atoms. The minimum atomic E-state index is -0.592. The Morgan fingerprint density at radius 2 is 2.33 bits per heavy atom. The lowest BCUT2D eigenvalue weighted by Crippen LogP contribution is -2.54. The summed E-state index contributed by atoms with van der Waals surface area (Å²) in [6.07, 6.45) is 2.05. The Morgan fingerprint density at radius 1 is 1.67 bits per heavy atom. The number of carbonyl (C=O) groups is 1. The molecular formula is C12H23N3O3. The van der Waals surface area contributed by atoms with E-state index in [2.05, 4.69) is 10.5 Å². The monoisotopic (exact) mass is 257 g/mol. The highest BCUT2D eigenvalue weighted by Crippen LogP contribution is 2.32. The number of hydrogen-bond donors (Lipinski definition) is 2. The molecule has 0 aliphatic carbocycles. The van der Waals surface area contributed by atoms with E-state index < -0.39 is 11.3 Å². The second-order valence-corrected chi connectivity index (χ2v) is 5.25. The molecule has 1 heterocycles. The zero-order chi connectivity index (χ0) is 13.8. The molecule has 1 rings (SSSR count). The molecule has 0 saturated carbocycles. The van der Waals surface area contributed by atoms with Crippen LogP contribution in [0.4, 0.5) is 0 Å². The summed E-state index contributed by atoms with van der Waals surface area (Å²) >= 11 is 0. The quantitative estimate of drug-likeness (QED) is 0.437. The van der Waals surface area contributed by atoms with Crippen LogP contribution < -0.4 is 5.32 Å². The maximum Gasteiger partial charge on any atom is 0.227 e. The summed E-state index contributed by atoms with van der Waals surface area (Å²) in [6, 6.07) is 0. The number of amides is 1. The Balaban J connectivity index is 3.00. The molecule has 0 radical (unpaired) electrons. The number of nitrogens with one attached hydrogen (secondary N) is 1. The summed E-state index contributed by atoms with van der Waals surface area (Å²) in [6.45, 7) is 5.26. The van der Waals surface area contributed by atoms with E-state index >= 15 is 0 Å². The van der Waals surface area contributed by atoms with Crippen molar-refractivity contribution in [2.45, 2.75) is 26.5 Å². The minimum absolute atomic E-state index is 0.112. The van der Waals surface area contributed by atoms with E-state index in [1.54, 1.807) is 7.05 Å². The number of oxime groups is 1. The zero-order valence-electron chi connectivity index (χ0n) is 11.5. The highest BCUT2D eigenvalue weighted by Gasteiger charge is 2.43. The van der Waals surface area contributed by atoms with Gasteiger partial charge in [-0.1, -0.05) is 13.8 Å². The van der Waals surface area contributed by atoms with Crippen molar-refractivity contribution >= 4 is 12.1 Å². The molecule has 2 unspecified atom stereocenters. The van der Waals surface area contributed by atoms with Crippen LogP contribution in [0.15, 0.2) is 5.16 Å². The van der Waals surface area contributed by atoms with Crippen molar-refractivity contribution in [2.75, 3.05) is 27.2 Å². The average molecular weight is 257 g/mol. The third kappa shape index (κ3) is 3.20. The maximum atomic E-state index is 12.1. The van der Waals surface area contributed by atoms with Crippen LogP contribution >= 0.6 is 0 Å². The second kappa shape index (κ2) is 6.15. The van der Waals surface area contributed by atoms with Crippen molar-refractivity contribution in [2.24, 2.45) is 16.5 Å². The number of hydrogen-bond acceptors (Lipinski definition) is 5. The molecule has 0 bridgehead atoms. The summed E-state index contributed by atoms with van der Waals surface area (Å²) in [7, 11) is 3.54. The molecular weight excluding hydrogens is 234 g/mol. The van der Waals surface area contributed by atoms with Crippen molar-refractivity contribution in [3.63, 3.8) is 0 Å². The molecule has 104 valence electrons. The molecule has 0 spiro atoms. The normalized spacial score (nSPS) is 24.1. The van der Waals surface area contributed by atoms with Crippen molar-refractivity contribution < 1.29 is 14.7 Å². The SMILES string of the molecule is CNC(=O)C(C1OCCCN1C)C(C)(C)C=NO. The van der Waals surface area contributed by atoms with E-state index in [4.69, 9.17) is 9.94 Å². The van der Waals surface area contributed by atoms with Gasteiger partial charge in [-0.25, -0.2) is 0 Å². The topological polar surface area (TPSA) is 74.2 Å². The fourth-order valence-corrected chi connectivity index (χ4v) is 2.34. The summed E-state index contributed by atoms with van der Waals surface area (Å²) < 4.78 is 5.73. The summed E-state index contributed by atoms with van der Waals surface area (Å²) in [5.74, 6) is -0.539. The van der Waals surface area contributed by atoms with Gasteiger partial charge < -0.3 is 15.3 Å². The minimum Gasteiger partial charge on any atom is -0.411 e. The van der Waals surface area contributed by atoms with E-state index in [1.807, 2.05) is 25.8 Å². The van der Waals surface area contributed by atoms with Crippen molar-refractivity contribution in [3.05, 3.63) is 0 Å². The predicted molar refractivity (Wildman–Crippen MR) is 68.6 cm³/mol. The Hall–Kier alpha value is -1.14. The lowest BCUT2D eigenvalue weighted by atomic mass is 9.77. The zero-order valence-corrected chi connectivity index (χ0v) is 11.5. The first-order chi connectivity index (χ1) is 8.44. The first-order valence-electron chi connectivity index (χ1n) is 6.16. The molecule has 1 aliphatic heterocycles. The van der Waals surface area contributed by atoms with Crippen LogP contribution in [0.1, 0.15) is 20.3 Å². The Bertz CT molecular complexity index is 318. The maximum absolute atomic E-state index is 12.1. The van der Waals surface area contributed by atoms with Crippen LogP contribution in [-0.4, -0.2) is 55.7 Å². The van der Waals surface area contributed by atoms with Gasteiger partial charge >= 0.3 is 0 Å². The smallest absolute Gasteiger partial charge is 0.227 e. The van der Waals surface area contributed by atoms with Gasteiger partial charge in [0.25, 0.3) is 0 Å². The summed E-state index contributed by atoms with van der Waals surface area (Å²) in [5, 5.41) is 14.5. The predicted octanol–water partition coefficient (Wildman–Crippen LogP) is 0.513. The molecule has 1 fully saturated rings. The fraction of sp³-hybridized carbons (Fsp3) is 0.833. The van der Waals surface area contributed by atoms with Crippen LogP contribution in [0.25, 0.3) is 0 Å². The lowest BCUT2D eigenvalue weighted by Gasteiger charge is -2.42.